The molecule has 3 heteroatoms. The highest BCUT2D eigenvalue weighted by atomic mass is 16.5. The van der Waals surface area contributed by atoms with E-state index in [4.69, 9.17) is 4.74 Å². The number of ether oxygens (including phenoxy) is 1. The van der Waals surface area contributed by atoms with Crippen LogP contribution in [0.25, 0.3) is 0 Å². The summed E-state index contributed by atoms with van der Waals surface area (Å²) in [5, 5.41) is 3.44. The van der Waals surface area contributed by atoms with Gasteiger partial charge in [0.05, 0.1) is 6.10 Å². The Bertz CT molecular complexity index is 315. The maximum atomic E-state index is 5.36. The minimum absolute atomic E-state index is 0.456. The van der Waals surface area contributed by atoms with Gasteiger partial charge >= 0.3 is 0 Å². The van der Waals surface area contributed by atoms with E-state index in [-0.39, 0.29) is 0 Å². The van der Waals surface area contributed by atoms with E-state index in [9.17, 15) is 0 Å². The third-order valence-electron chi connectivity index (χ3n) is 3.32. The van der Waals surface area contributed by atoms with Crippen molar-refractivity contribution in [1.82, 2.24) is 4.90 Å². The molecule has 0 radical (unpaired) electrons. The van der Waals surface area contributed by atoms with Gasteiger partial charge in [0.25, 0.3) is 0 Å². The van der Waals surface area contributed by atoms with Gasteiger partial charge in [0, 0.05) is 32.4 Å². The predicted molar refractivity (Wildman–Crippen MR) is 71.4 cm³/mol. The second-order valence-corrected chi connectivity index (χ2v) is 4.59. The second kappa shape index (κ2) is 6.62. The molecule has 1 N–H and O–H groups in total. The van der Waals surface area contributed by atoms with Crippen LogP contribution in [0.15, 0.2) is 30.3 Å². The van der Waals surface area contributed by atoms with Crippen LogP contribution in [0.5, 0.6) is 0 Å². The third-order valence-corrected chi connectivity index (χ3v) is 3.32. The molecular weight excluding hydrogens is 212 g/mol. The largest absolute Gasteiger partial charge is 0.385 e. The summed E-state index contributed by atoms with van der Waals surface area (Å²) in [6, 6.07) is 10.4. The highest BCUT2D eigenvalue weighted by Crippen LogP contribution is 2.12. The Kier molecular flexibility index (Phi) is 4.83. The van der Waals surface area contributed by atoms with Gasteiger partial charge in [0.2, 0.25) is 0 Å². The molecule has 0 spiro atoms. The Morgan fingerprint density at radius 2 is 2.18 bits per heavy atom. The lowest BCUT2D eigenvalue weighted by Crippen LogP contribution is -2.25. The van der Waals surface area contributed by atoms with Gasteiger partial charge in [-0.25, -0.2) is 0 Å². The molecule has 1 aromatic carbocycles. The molecule has 2 rings (SSSR count). The zero-order valence-corrected chi connectivity index (χ0v) is 10.6. The van der Waals surface area contributed by atoms with Gasteiger partial charge in [0.15, 0.2) is 0 Å². The minimum atomic E-state index is 0.456. The first-order chi connectivity index (χ1) is 8.38. The summed E-state index contributed by atoms with van der Waals surface area (Å²) in [6.45, 7) is 4.49. The summed E-state index contributed by atoms with van der Waals surface area (Å²) in [5.74, 6) is 0. The van der Waals surface area contributed by atoms with Gasteiger partial charge < -0.3 is 15.0 Å². The van der Waals surface area contributed by atoms with Gasteiger partial charge in [0.1, 0.15) is 0 Å². The normalized spacial score (nSPS) is 20.6. The van der Waals surface area contributed by atoms with Crippen molar-refractivity contribution in [3.8, 4) is 0 Å². The van der Waals surface area contributed by atoms with E-state index in [1.54, 1.807) is 0 Å². The van der Waals surface area contributed by atoms with Crippen molar-refractivity contribution in [3.05, 3.63) is 30.3 Å². The Balaban J connectivity index is 1.58. The van der Waals surface area contributed by atoms with Crippen LogP contribution in [0, 0.1) is 0 Å². The molecule has 0 amide bonds. The number of methoxy groups -OCH3 is 1. The van der Waals surface area contributed by atoms with Crippen molar-refractivity contribution in [1.29, 1.82) is 0 Å². The lowest BCUT2D eigenvalue weighted by atomic mass is 10.3. The average Bonchev–Trinajstić information content (AvgIpc) is 2.84. The molecule has 17 heavy (non-hydrogen) atoms. The Hall–Kier alpha value is -1.06. The van der Waals surface area contributed by atoms with Crippen LogP contribution in [0.2, 0.25) is 0 Å². The van der Waals surface area contributed by atoms with Crippen LogP contribution in [0.4, 0.5) is 5.69 Å². The summed E-state index contributed by atoms with van der Waals surface area (Å²) in [5.41, 5.74) is 1.21. The molecule has 1 heterocycles. The molecule has 1 aromatic rings. The number of rotatable bonds is 6. The van der Waals surface area contributed by atoms with E-state index in [1.807, 2.05) is 13.2 Å². The Morgan fingerprint density at radius 3 is 2.88 bits per heavy atom. The smallest absolute Gasteiger partial charge is 0.0710 e. The number of hydrogen-bond donors (Lipinski definition) is 1. The van der Waals surface area contributed by atoms with E-state index in [2.05, 4.69) is 34.5 Å². The fourth-order valence-electron chi connectivity index (χ4n) is 2.28. The number of nitrogens with one attached hydrogen (secondary N) is 1. The Labute approximate surface area is 104 Å². The topological polar surface area (TPSA) is 24.5 Å². The average molecular weight is 234 g/mol. The van der Waals surface area contributed by atoms with Gasteiger partial charge in [-0.1, -0.05) is 18.2 Å². The number of likely N-dealkylation sites (tertiary alicyclic amines) is 1. The highest BCUT2D eigenvalue weighted by Gasteiger charge is 2.20. The number of nitrogens with zero attached hydrogens (tertiary/aromatic N) is 1. The standard InChI is InChI=1S/C14H22N2O/c1-17-14-8-11-16(12-14)10-5-9-15-13-6-3-2-4-7-13/h2-4,6-7,14-15H,5,8-12H2,1H3. The second-order valence-electron chi connectivity index (χ2n) is 4.59. The first kappa shape index (κ1) is 12.4. The van der Waals surface area contributed by atoms with Gasteiger partial charge in [-0.2, -0.15) is 0 Å². The molecule has 0 bridgehead atoms. The van der Waals surface area contributed by atoms with Crippen molar-refractivity contribution in [2.45, 2.75) is 18.9 Å². The molecule has 1 unspecified atom stereocenters. The number of anilines is 1. The summed E-state index contributed by atoms with van der Waals surface area (Å²) in [4.78, 5) is 2.49. The fourth-order valence-corrected chi connectivity index (χ4v) is 2.28. The lowest BCUT2D eigenvalue weighted by Gasteiger charge is -2.15. The molecule has 1 aliphatic rings. The zero-order chi connectivity index (χ0) is 11.9. The van der Waals surface area contributed by atoms with Gasteiger partial charge in [-0.05, 0) is 31.5 Å². The van der Waals surface area contributed by atoms with Crippen LogP contribution in [-0.2, 0) is 4.74 Å². The molecule has 1 aliphatic heterocycles. The maximum Gasteiger partial charge on any atom is 0.0710 e. The first-order valence-electron chi connectivity index (χ1n) is 6.42. The predicted octanol–water partition coefficient (Wildman–Crippen LogP) is 2.21. The quantitative estimate of drug-likeness (QED) is 0.764. The van der Waals surface area contributed by atoms with Crippen LogP contribution >= 0.6 is 0 Å². The van der Waals surface area contributed by atoms with E-state index in [0.717, 1.165) is 13.1 Å². The molecule has 3 nitrogen and oxygen atoms in total. The molecule has 0 aliphatic carbocycles. The molecule has 0 saturated carbocycles. The third kappa shape index (κ3) is 4.02. The van der Waals surface area contributed by atoms with Crippen LogP contribution < -0.4 is 5.32 Å². The van der Waals surface area contributed by atoms with E-state index in [0.29, 0.717) is 6.10 Å². The van der Waals surface area contributed by atoms with Crippen molar-refractivity contribution >= 4 is 5.69 Å². The number of para-hydroxylation sites is 1. The Morgan fingerprint density at radius 1 is 1.35 bits per heavy atom. The first-order valence-corrected chi connectivity index (χ1v) is 6.42. The minimum Gasteiger partial charge on any atom is -0.385 e. The lowest BCUT2D eigenvalue weighted by molar-refractivity contribution is 0.108. The summed E-state index contributed by atoms with van der Waals surface area (Å²) < 4.78 is 5.36. The zero-order valence-electron chi connectivity index (χ0n) is 10.6. The molecule has 0 aromatic heterocycles. The van der Waals surface area contributed by atoms with Crippen LogP contribution in [-0.4, -0.2) is 44.3 Å². The van der Waals surface area contributed by atoms with E-state index < -0.39 is 0 Å². The summed E-state index contributed by atoms with van der Waals surface area (Å²) in [6.07, 6.45) is 2.82. The SMILES string of the molecule is COC1CCN(CCCNc2ccccc2)C1. The van der Waals surface area contributed by atoms with Crippen LogP contribution in [0.3, 0.4) is 0 Å². The van der Waals surface area contributed by atoms with E-state index in [1.165, 1.54) is 31.6 Å². The highest BCUT2D eigenvalue weighted by molar-refractivity contribution is 5.42. The maximum absolute atomic E-state index is 5.36. The van der Waals surface area contributed by atoms with Crippen molar-refractivity contribution in [2.75, 3.05) is 38.6 Å². The number of benzene rings is 1. The number of hydrogen-bond acceptors (Lipinski definition) is 3. The molecule has 1 saturated heterocycles. The van der Waals surface area contributed by atoms with Crippen LogP contribution in [0.1, 0.15) is 12.8 Å². The van der Waals surface area contributed by atoms with Crippen molar-refractivity contribution < 1.29 is 4.74 Å². The van der Waals surface area contributed by atoms with Gasteiger partial charge in [-0.15, -0.1) is 0 Å². The fraction of sp³-hybridized carbons (Fsp3) is 0.571. The molecular formula is C14H22N2O. The summed E-state index contributed by atoms with van der Waals surface area (Å²) >= 11 is 0. The molecule has 1 atom stereocenters. The van der Waals surface area contributed by atoms with Crippen molar-refractivity contribution in [3.63, 3.8) is 0 Å². The van der Waals surface area contributed by atoms with E-state index >= 15 is 0 Å². The monoisotopic (exact) mass is 234 g/mol. The van der Waals surface area contributed by atoms with Gasteiger partial charge in [-0.3, -0.25) is 0 Å². The summed E-state index contributed by atoms with van der Waals surface area (Å²) in [7, 11) is 1.81. The molecule has 94 valence electrons. The molecule has 1 fully saturated rings. The van der Waals surface area contributed by atoms with Crippen molar-refractivity contribution in [2.24, 2.45) is 0 Å².